The summed E-state index contributed by atoms with van der Waals surface area (Å²) in [6, 6.07) is 16.5. The Balaban J connectivity index is 1.26. The average Bonchev–Trinajstić information content (AvgIpc) is 2.75. The molecule has 0 heterocycles. The molecule has 0 saturated heterocycles. The zero-order valence-electron chi connectivity index (χ0n) is 19.6. The normalized spacial score (nSPS) is 46.8. The van der Waals surface area contributed by atoms with Crippen LogP contribution >= 0.6 is 7.92 Å². The van der Waals surface area contributed by atoms with E-state index in [-0.39, 0.29) is 7.92 Å². The Kier molecular flexibility index (Phi) is 4.16. The van der Waals surface area contributed by atoms with E-state index >= 15 is 0 Å². The van der Waals surface area contributed by atoms with Crippen molar-refractivity contribution in [1.82, 2.24) is 0 Å². The molecule has 0 N–H and O–H groups in total. The molecule has 8 aliphatic carbocycles. The molecule has 2 aromatic carbocycles. The highest BCUT2D eigenvalue weighted by atomic mass is 31.1. The quantitative estimate of drug-likeness (QED) is 0.415. The van der Waals surface area contributed by atoms with Gasteiger partial charge >= 0.3 is 0 Å². The van der Waals surface area contributed by atoms with Crippen molar-refractivity contribution in [3.8, 4) is 0 Å². The maximum absolute atomic E-state index is 2.53. The summed E-state index contributed by atoms with van der Waals surface area (Å²) in [4.78, 5) is 0. The van der Waals surface area contributed by atoms with Crippen molar-refractivity contribution in [2.45, 2.75) is 93.5 Å². The second-order valence-electron chi connectivity index (χ2n) is 13.5. The van der Waals surface area contributed by atoms with E-state index in [0.717, 1.165) is 45.8 Å². The van der Waals surface area contributed by atoms with Crippen molar-refractivity contribution in [3.05, 3.63) is 48.0 Å². The van der Waals surface area contributed by atoms with Gasteiger partial charge in [-0.15, -0.1) is 0 Å². The fourth-order valence-corrected chi connectivity index (χ4v) is 16.4. The first-order chi connectivity index (χ1) is 15.7. The van der Waals surface area contributed by atoms with E-state index < -0.39 is 0 Å². The van der Waals surface area contributed by atoms with Crippen LogP contribution < -0.4 is 0 Å². The molecule has 0 nitrogen and oxygen atoms in total. The molecular formula is C31H39P. The summed E-state index contributed by atoms with van der Waals surface area (Å²) in [5.41, 5.74) is 1.71. The van der Waals surface area contributed by atoms with Crippen molar-refractivity contribution < 1.29 is 0 Å². The lowest BCUT2D eigenvalue weighted by molar-refractivity contribution is 0.0184. The highest BCUT2D eigenvalue weighted by molar-refractivity contribution is 7.60. The molecule has 32 heavy (non-hydrogen) atoms. The van der Waals surface area contributed by atoms with Crippen LogP contribution in [0, 0.1) is 35.5 Å². The van der Waals surface area contributed by atoms with Gasteiger partial charge in [0.15, 0.2) is 0 Å². The van der Waals surface area contributed by atoms with E-state index in [1.807, 2.05) is 0 Å². The van der Waals surface area contributed by atoms with E-state index in [9.17, 15) is 0 Å². The van der Waals surface area contributed by atoms with Crippen molar-refractivity contribution >= 4 is 18.7 Å². The molecule has 10 rings (SSSR count). The van der Waals surface area contributed by atoms with Crippen LogP contribution in [-0.2, 0) is 6.16 Å². The van der Waals surface area contributed by atoms with E-state index in [0.29, 0.717) is 0 Å². The molecule has 0 aromatic heterocycles. The Morgan fingerprint density at radius 3 is 1.50 bits per heavy atom. The molecule has 8 saturated carbocycles. The third-order valence-corrected chi connectivity index (χ3v) is 15.4. The lowest BCUT2D eigenvalue weighted by Crippen LogP contribution is -2.56. The van der Waals surface area contributed by atoms with Crippen LogP contribution in [-0.4, -0.2) is 10.3 Å². The molecule has 0 spiro atoms. The van der Waals surface area contributed by atoms with Crippen molar-refractivity contribution in [2.75, 3.05) is 0 Å². The van der Waals surface area contributed by atoms with Gasteiger partial charge in [-0.25, -0.2) is 0 Å². The van der Waals surface area contributed by atoms with Crippen LogP contribution in [0.4, 0.5) is 0 Å². The van der Waals surface area contributed by atoms with E-state index in [2.05, 4.69) is 42.5 Å². The maximum atomic E-state index is 2.53. The van der Waals surface area contributed by atoms with Crippen LogP contribution in [0.25, 0.3) is 10.8 Å². The van der Waals surface area contributed by atoms with E-state index in [1.165, 1.54) is 11.5 Å². The minimum absolute atomic E-state index is 0.0416. The summed E-state index contributed by atoms with van der Waals surface area (Å²) < 4.78 is 0. The topological polar surface area (TPSA) is 0 Å². The second kappa shape index (κ2) is 6.84. The minimum atomic E-state index is 0.0416. The number of hydrogen-bond donors (Lipinski definition) is 0. The monoisotopic (exact) mass is 442 g/mol. The van der Waals surface area contributed by atoms with Crippen LogP contribution in [0.5, 0.6) is 0 Å². The standard InChI is InChI=1S/C31H39P/c1-2-7-29-27(4-1)5-3-6-28(29)20-32(30-14-21-8-22(15-30)10-23(9-21)16-30)31-17-24-11-25(18-31)13-26(12-24)19-31/h1-7,21-26H,8-20H2. The van der Waals surface area contributed by atoms with Gasteiger partial charge in [-0.05, 0) is 145 Å². The summed E-state index contributed by atoms with van der Waals surface area (Å²) >= 11 is 0. The largest absolute Gasteiger partial charge is 0.0894 e. The number of fused-ring (bicyclic) bond motifs is 1. The summed E-state index contributed by atoms with van der Waals surface area (Å²) in [6.45, 7) is 0. The Bertz CT molecular complexity index is 930. The molecule has 0 unspecified atom stereocenters. The molecule has 8 fully saturated rings. The SMILES string of the molecule is c1ccc2c(CP(C34CC5CC(CC(C5)C3)C4)C34CC5CC(CC(C5)C3)C4)cccc2c1. The minimum Gasteiger partial charge on any atom is -0.0894 e. The molecule has 1 heteroatoms. The van der Waals surface area contributed by atoms with Gasteiger partial charge in [-0.2, -0.15) is 0 Å². The molecular weight excluding hydrogens is 403 g/mol. The molecule has 168 valence electrons. The van der Waals surface area contributed by atoms with Gasteiger partial charge in [0.25, 0.3) is 0 Å². The highest BCUT2D eigenvalue weighted by Gasteiger charge is 2.62. The summed E-state index contributed by atoms with van der Waals surface area (Å²) in [6.07, 6.45) is 20.7. The fourth-order valence-electron chi connectivity index (χ4n) is 11.2. The third-order valence-electron chi connectivity index (χ3n) is 11.4. The third kappa shape index (κ3) is 2.84. The zero-order chi connectivity index (χ0) is 20.9. The van der Waals surface area contributed by atoms with Crippen LogP contribution in [0.3, 0.4) is 0 Å². The maximum Gasteiger partial charge on any atom is -0.00570 e. The summed E-state index contributed by atoms with van der Waals surface area (Å²) in [7, 11) is 0.0416. The van der Waals surface area contributed by atoms with Crippen molar-refractivity contribution in [2.24, 2.45) is 35.5 Å². The molecule has 2 aromatic rings. The number of hydrogen-bond acceptors (Lipinski definition) is 0. The average molecular weight is 443 g/mol. The predicted molar refractivity (Wildman–Crippen MR) is 136 cm³/mol. The predicted octanol–water partition coefficient (Wildman–Crippen LogP) is 8.76. The van der Waals surface area contributed by atoms with Gasteiger partial charge in [0.1, 0.15) is 0 Å². The van der Waals surface area contributed by atoms with Gasteiger partial charge in [-0.3, -0.25) is 0 Å². The Morgan fingerprint density at radius 1 is 0.562 bits per heavy atom. The smallest absolute Gasteiger partial charge is 0.00570 e. The van der Waals surface area contributed by atoms with Gasteiger partial charge in [-0.1, -0.05) is 50.4 Å². The van der Waals surface area contributed by atoms with Gasteiger partial charge in [0.2, 0.25) is 0 Å². The summed E-state index contributed by atoms with van der Waals surface area (Å²) in [5, 5.41) is 4.52. The van der Waals surface area contributed by atoms with E-state index in [4.69, 9.17) is 0 Å². The first kappa shape index (κ1) is 19.4. The molecule has 8 aliphatic rings. The molecule has 8 bridgehead atoms. The molecule has 0 amide bonds. The molecule has 0 atom stereocenters. The van der Waals surface area contributed by atoms with Crippen molar-refractivity contribution in [3.63, 3.8) is 0 Å². The van der Waals surface area contributed by atoms with Crippen LogP contribution in [0.2, 0.25) is 0 Å². The summed E-state index contributed by atoms with van der Waals surface area (Å²) in [5.74, 6) is 6.54. The number of benzene rings is 2. The van der Waals surface area contributed by atoms with Gasteiger partial charge in [0, 0.05) is 0 Å². The zero-order valence-corrected chi connectivity index (χ0v) is 20.5. The van der Waals surface area contributed by atoms with Gasteiger partial charge < -0.3 is 0 Å². The Labute approximate surface area is 195 Å². The van der Waals surface area contributed by atoms with Crippen LogP contribution in [0.15, 0.2) is 42.5 Å². The lowest BCUT2D eigenvalue weighted by atomic mass is 9.55. The highest BCUT2D eigenvalue weighted by Crippen LogP contribution is 2.79. The van der Waals surface area contributed by atoms with Crippen molar-refractivity contribution in [1.29, 1.82) is 0 Å². The number of rotatable bonds is 4. The Hall–Kier alpha value is -0.870. The van der Waals surface area contributed by atoms with E-state index in [1.54, 1.807) is 88.0 Å². The Morgan fingerprint density at radius 2 is 1.00 bits per heavy atom. The second-order valence-corrected chi connectivity index (χ2v) is 16.6. The lowest BCUT2D eigenvalue weighted by Gasteiger charge is -2.67. The van der Waals surface area contributed by atoms with Crippen LogP contribution in [0.1, 0.15) is 82.6 Å². The first-order valence-electron chi connectivity index (χ1n) is 13.9. The first-order valence-corrected chi connectivity index (χ1v) is 15.4. The van der Waals surface area contributed by atoms with Gasteiger partial charge in [0.05, 0.1) is 0 Å². The molecule has 0 radical (unpaired) electrons. The fraction of sp³-hybridized carbons (Fsp3) is 0.677. The molecule has 0 aliphatic heterocycles.